The Kier molecular flexibility index (Phi) is 7.06. The van der Waals surface area contributed by atoms with E-state index in [1.165, 1.54) is 0 Å². The summed E-state index contributed by atoms with van der Waals surface area (Å²) >= 11 is 25.1. The maximum Gasteiger partial charge on any atom is 0.269 e. The molecule has 0 N–H and O–H groups in total. The van der Waals surface area contributed by atoms with Gasteiger partial charge in [0.05, 0.1) is 37.5 Å². The molecule has 3 aromatic carbocycles. The van der Waals surface area contributed by atoms with Gasteiger partial charge >= 0.3 is 0 Å². The molecular formula is C28H20Cl4N4O2S. The van der Waals surface area contributed by atoms with Crippen molar-refractivity contribution in [1.29, 1.82) is 0 Å². The lowest BCUT2D eigenvalue weighted by atomic mass is 9.96. The zero-order valence-electron chi connectivity index (χ0n) is 20.5. The van der Waals surface area contributed by atoms with Gasteiger partial charge in [0.2, 0.25) is 5.89 Å². The van der Waals surface area contributed by atoms with Gasteiger partial charge in [-0.2, -0.15) is 5.10 Å². The van der Waals surface area contributed by atoms with Gasteiger partial charge in [-0.1, -0.05) is 77.6 Å². The van der Waals surface area contributed by atoms with E-state index in [0.29, 0.717) is 53.7 Å². The molecular weight excluding hydrogens is 598 g/mol. The van der Waals surface area contributed by atoms with E-state index >= 15 is 0 Å². The van der Waals surface area contributed by atoms with Gasteiger partial charge in [0.25, 0.3) is 5.89 Å². The Morgan fingerprint density at radius 2 is 1.54 bits per heavy atom. The van der Waals surface area contributed by atoms with Crippen LogP contribution in [-0.2, 0) is 16.2 Å². The van der Waals surface area contributed by atoms with Gasteiger partial charge in [0, 0.05) is 26.4 Å². The van der Waals surface area contributed by atoms with Crippen LogP contribution in [0.1, 0.15) is 31.2 Å². The summed E-state index contributed by atoms with van der Waals surface area (Å²) in [6.07, 6.45) is 1.74. The summed E-state index contributed by atoms with van der Waals surface area (Å²) in [5.74, 6) is 1.02. The topological polar surface area (TPSA) is 73.8 Å². The van der Waals surface area contributed by atoms with Crippen molar-refractivity contribution >= 4 is 57.2 Å². The number of hydrogen-bond donors (Lipinski definition) is 0. The van der Waals surface area contributed by atoms with Crippen LogP contribution in [0, 0.1) is 0 Å². The first-order chi connectivity index (χ1) is 18.8. The van der Waals surface area contributed by atoms with E-state index in [-0.39, 0.29) is 11.3 Å². The summed E-state index contributed by atoms with van der Waals surface area (Å²) < 4.78 is 21.5. The fourth-order valence-corrected chi connectivity index (χ4v) is 6.42. The third-order valence-electron chi connectivity index (χ3n) is 6.77. The van der Waals surface area contributed by atoms with E-state index in [0.717, 1.165) is 24.0 Å². The highest BCUT2D eigenvalue weighted by Crippen LogP contribution is 2.53. The van der Waals surface area contributed by atoms with Crippen LogP contribution in [0.3, 0.4) is 0 Å². The molecule has 1 unspecified atom stereocenters. The van der Waals surface area contributed by atoms with Gasteiger partial charge in [-0.15, -0.1) is 10.2 Å². The zero-order valence-corrected chi connectivity index (χ0v) is 24.3. The Morgan fingerprint density at radius 1 is 0.897 bits per heavy atom. The molecule has 11 heteroatoms. The van der Waals surface area contributed by atoms with Crippen LogP contribution in [-0.4, -0.2) is 29.9 Å². The van der Waals surface area contributed by atoms with Crippen LogP contribution in [0.2, 0.25) is 20.1 Å². The molecule has 6 nitrogen and oxygen atoms in total. The first-order valence-electron chi connectivity index (χ1n) is 12.1. The second-order valence-electron chi connectivity index (χ2n) is 9.18. The van der Waals surface area contributed by atoms with Gasteiger partial charge in [0.1, 0.15) is 0 Å². The average molecular weight is 618 g/mol. The Bertz CT molecular complexity index is 1710. The third kappa shape index (κ3) is 4.81. The quantitative estimate of drug-likeness (QED) is 0.183. The highest BCUT2D eigenvalue weighted by atomic mass is 35.5. The second kappa shape index (κ2) is 10.4. The summed E-state index contributed by atoms with van der Waals surface area (Å²) in [6, 6.07) is 20.0. The number of halogens is 4. The minimum absolute atomic E-state index is 0.182. The van der Waals surface area contributed by atoms with E-state index in [1.54, 1.807) is 35.0 Å². The Labute approximate surface area is 247 Å². The largest absolute Gasteiger partial charge is 0.418 e. The van der Waals surface area contributed by atoms with Gasteiger partial charge in [0.15, 0.2) is 5.69 Å². The van der Waals surface area contributed by atoms with E-state index in [4.69, 9.17) is 55.9 Å². The molecule has 0 bridgehead atoms. The maximum atomic E-state index is 13.6. The molecule has 1 atom stereocenters. The highest BCUT2D eigenvalue weighted by Gasteiger charge is 2.51. The molecule has 1 saturated carbocycles. The lowest BCUT2D eigenvalue weighted by molar-refractivity contribution is 0.470. The number of rotatable bonds is 7. The van der Waals surface area contributed by atoms with Crippen LogP contribution in [0.15, 0.2) is 76.0 Å². The summed E-state index contributed by atoms with van der Waals surface area (Å²) in [6.45, 7) is 1.84. The Hall–Kier alpha value is -2.68. The summed E-state index contributed by atoms with van der Waals surface area (Å²) in [5.41, 5.74) is 2.91. The zero-order chi connectivity index (χ0) is 27.3. The Morgan fingerprint density at radius 3 is 2.15 bits per heavy atom. The van der Waals surface area contributed by atoms with Crippen molar-refractivity contribution < 1.29 is 8.63 Å². The molecule has 2 aromatic heterocycles. The van der Waals surface area contributed by atoms with Crippen LogP contribution < -0.4 is 0 Å². The number of hydrogen-bond acceptors (Lipinski definition) is 5. The third-order valence-corrected chi connectivity index (χ3v) is 9.18. The monoisotopic (exact) mass is 616 g/mol. The molecule has 0 aliphatic heterocycles. The fourth-order valence-electron chi connectivity index (χ4n) is 4.62. The van der Waals surface area contributed by atoms with Crippen molar-refractivity contribution in [3.63, 3.8) is 0 Å². The average Bonchev–Trinajstić information content (AvgIpc) is 3.41. The fraction of sp³-hybridized carbons (Fsp3) is 0.179. The van der Waals surface area contributed by atoms with Crippen LogP contribution >= 0.6 is 46.4 Å². The number of aromatic nitrogens is 4. The van der Waals surface area contributed by atoms with E-state index in [9.17, 15) is 4.21 Å². The van der Waals surface area contributed by atoms with E-state index in [2.05, 4.69) is 10.2 Å². The van der Waals surface area contributed by atoms with Crippen LogP contribution in [0.5, 0.6) is 0 Å². The normalized spacial score (nSPS) is 14.9. The SMILES string of the molecule is CCS(=O)c1c(-c2nnc(C3(c4ccc(Cl)cc4)CC3)o2)nn(-c2ccc(Cl)cc2Cl)c1-c1ccc(Cl)cc1. The molecule has 39 heavy (non-hydrogen) atoms. The summed E-state index contributed by atoms with van der Waals surface area (Å²) in [4.78, 5) is 0.470. The predicted octanol–water partition coefficient (Wildman–Crippen LogP) is 8.41. The molecule has 198 valence electrons. The predicted molar refractivity (Wildman–Crippen MR) is 156 cm³/mol. The first kappa shape index (κ1) is 26.5. The Balaban J connectivity index is 1.56. The van der Waals surface area contributed by atoms with Gasteiger partial charge in [-0.25, -0.2) is 4.68 Å². The molecule has 1 aliphatic rings. The number of nitrogens with zero attached hydrogens (tertiary/aromatic N) is 4. The molecule has 0 amide bonds. The van der Waals surface area contributed by atoms with Crippen molar-refractivity contribution in [3.05, 3.63) is 98.3 Å². The van der Waals surface area contributed by atoms with Crippen molar-refractivity contribution in [2.45, 2.75) is 30.1 Å². The minimum atomic E-state index is -1.45. The van der Waals surface area contributed by atoms with E-state index < -0.39 is 10.8 Å². The molecule has 2 heterocycles. The van der Waals surface area contributed by atoms with Crippen molar-refractivity contribution in [1.82, 2.24) is 20.0 Å². The molecule has 0 spiro atoms. The van der Waals surface area contributed by atoms with Gasteiger partial charge in [-0.05, 0) is 60.9 Å². The van der Waals surface area contributed by atoms with Crippen molar-refractivity contribution in [2.75, 3.05) is 5.75 Å². The smallest absolute Gasteiger partial charge is 0.269 e. The van der Waals surface area contributed by atoms with Crippen LogP contribution in [0.4, 0.5) is 0 Å². The maximum absolute atomic E-state index is 13.6. The molecule has 0 saturated heterocycles. The molecule has 0 radical (unpaired) electrons. The molecule has 6 rings (SSSR count). The van der Waals surface area contributed by atoms with Crippen LogP contribution in [0.25, 0.3) is 28.5 Å². The highest BCUT2D eigenvalue weighted by molar-refractivity contribution is 7.85. The molecule has 5 aromatic rings. The molecule has 1 fully saturated rings. The van der Waals surface area contributed by atoms with Crippen molar-refractivity contribution in [3.8, 4) is 28.5 Å². The van der Waals surface area contributed by atoms with Crippen molar-refractivity contribution in [2.24, 2.45) is 0 Å². The van der Waals surface area contributed by atoms with E-state index in [1.807, 2.05) is 43.3 Å². The number of benzene rings is 3. The lowest BCUT2D eigenvalue weighted by Crippen LogP contribution is -2.08. The summed E-state index contributed by atoms with van der Waals surface area (Å²) in [5, 5.41) is 15.8. The first-order valence-corrected chi connectivity index (χ1v) is 15.0. The lowest BCUT2D eigenvalue weighted by Gasteiger charge is -2.11. The minimum Gasteiger partial charge on any atom is -0.418 e. The molecule has 1 aliphatic carbocycles. The van der Waals surface area contributed by atoms with Gasteiger partial charge in [-0.3, -0.25) is 4.21 Å². The summed E-state index contributed by atoms with van der Waals surface area (Å²) in [7, 11) is -1.45. The van der Waals surface area contributed by atoms with Gasteiger partial charge < -0.3 is 4.42 Å². The standard InChI is InChI=1S/C28H20Cl4N4O2S/c1-2-39(37)25-23(26-33-34-27(38-26)28(13-14-28)17-5-9-19(30)10-6-17)35-36(22-12-11-20(31)15-21(22)32)24(25)16-3-7-18(29)8-4-16/h3-12,15H,2,13-14H2,1H3. The second-order valence-corrected chi connectivity index (χ2v) is 12.6.